The number of piperidine rings is 2. The van der Waals surface area contributed by atoms with Crippen molar-refractivity contribution in [3.05, 3.63) is 59.9 Å². The van der Waals surface area contributed by atoms with Gasteiger partial charge in [0, 0.05) is 38.4 Å². The van der Waals surface area contributed by atoms with E-state index in [0.717, 1.165) is 37.7 Å². The molecule has 0 radical (unpaired) electrons. The number of hydrogen-bond acceptors (Lipinski definition) is 2. The van der Waals surface area contributed by atoms with Gasteiger partial charge < -0.3 is 9.88 Å². The first-order chi connectivity index (χ1) is 13.2. The molecule has 3 aliphatic rings. The summed E-state index contributed by atoms with van der Waals surface area (Å²) in [4.78, 5) is 20.6. The fraction of sp³-hybridized carbons (Fsp3) is 0.522. The summed E-state index contributed by atoms with van der Waals surface area (Å²) in [5.74, 6) is 0.788. The number of nitrogens with one attached hydrogen (secondary N) is 1. The zero-order chi connectivity index (χ0) is 18.3. The highest BCUT2D eigenvalue weighted by Crippen LogP contribution is 2.47. The van der Waals surface area contributed by atoms with Gasteiger partial charge in [0.25, 0.3) is 5.91 Å². The van der Waals surface area contributed by atoms with Crippen LogP contribution in [0.15, 0.2) is 48.7 Å². The Morgan fingerprint density at radius 1 is 1.04 bits per heavy atom. The van der Waals surface area contributed by atoms with Gasteiger partial charge in [-0.1, -0.05) is 30.3 Å². The Labute approximate surface area is 161 Å². The van der Waals surface area contributed by atoms with Crippen LogP contribution in [0.2, 0.25) is 0 Å². The molecule has 3 fully saturated rings. The molecule has 1 spiro atoms. The second-order valence-corrected chi connectivity index (χ2v) is 8.85. The van der Waals surface area contributed by atoms with Gasteiger partial charge in [-0.2, -0.15) is 0 Å². The molecule has 2 saturated heterocycles. The molecule has 4 heteroatoms. The first-order valence-electron chi connectivity index (χ1n) is 10.4. The monoisotopic (exact) mass is 363 g/mol. The summed E-state index contributed by atoms with van der Waals surface area (Å²) in [6, 6.07) is 15.7. The van der Waals surface area contributed by atoms with Crippen LogP contribution in [0.3, 0.4) is 0 Å². The molecule has 1 saturated carbocycles. The van der Waals surface area contributed by atoms with Crippen molar-refractivity contribution in [3.63, 3.8) is 0 Å². The molecule has 4 nitrogen and oxygen atoms in total. The normalized spacial score (nSPS) is 25.6. The molecule has 1 unspecified atom stereocenters. The van der Waals surface area contributed by atoms with Crippen molar-refractivity contribution >= 4 is 5.91 Å². The lowest BCUT2D eigenvalue weighted by Crippen LogP contribution is -2.53. The number of likely N-dealkylation sites (tertiary alicyclic amines) is 2. The van der Waals surface area contributed by atoms with E-state index in [1.807, 2.05) is 23.2 Å². The maximum Gasteiger partial charge on any atom is 0.270 e. The SMILES string of the molecule is O=C(c1ccc[nH]1)N1CCC2(CC1)CC(c1ccccc1)CN(C1CC1)C2. The number of amides is 1. The molecule has 0 bridgehead atoms. The van der Waals surface area contributed by atoms with Crippen LogP contribution in [0.1, 0.15) is 54.1 Å². The molecule has 1 amide bonds. The average Bonchev–Trinajstić information content (AvgIpc) is 3.43. The standard InChI is InChI=1S/C23H29N3O/c27-22(21-7-4-12-24-21)25-13-10-23(11-14-25)15-19(18-5-2-1-3-6-18)16-26(17-23)20-8-9-20/h1-7,12,19-20,24H,8-11,13-17H2. The second kappa shape index (κ2) is 6.83. The summed E-state index contributed by atoms with van der Waals surface area (Å²) < 4.78 is 0. The number of benzene rings is 1. The van der Waals surface area contributed by atoms with E-state index in [1.165, 1.54) is 37.9 Å². The van der Waals surface area contributed by atoms with Gasteiger partial charge in [-0.25, -0.2) is 0 Å². The van der Waals surface area contributed by atoms with Crippen LogP contribution < -0.4 is 0 Å². The zero-order valence-corrected chi connectivity index (χ0v) is 15.9. The lowest BCUT2D eigenvalue weighted by atomic mass is 9.68. The van der Waals surface area contributed by atoms with E-state index in [-0.39, 0.29) is 5.91 Å². The van der Waals surface area contributed by atoms with Crippen LogP contribution in [0, 0.1) is 5.41 Å². The molecule has 3 heterocycles. The van der Waals surface area contributed by atoms with Crippen molar-refractivity contribution in [2.24, 2.45) is 5.41 Å². The molecule has 1 aromatic carbocycles. The van der Waals surface area contributed by atoms with E-state index < -0.39 is 0 Å². The van der Waals surface area contributed by atoms with Gasteiger partial charge in [-0.3, -0.25) is 9.69 Å². The Balaban J connectivity index is 1.32. The van der Waals surface area contributed by atoms with Crippen molar-refractivity contribution in [3.8, 4) is 0 Å². The predicted molar refractivity (Wildman–Crippen MR) is 107 cm³/mol. The highest BCUT2D eigenvalue weighted by Gasteiger charge is 2.46. The summed E-state index contributed by atoms with van der Waals surface area (Å²) in [6.45, 7) is 4.21. The van der Waals surface area contributed by atoms with Crippen LogP contribution in [0.4, 0.5) is 0 Å². The fourth-order valence-corrected chi connectivity index (χ4v) is 5.28. The molecule has 1 N–H and O–H groups in total. The number of hydrogen-bond donors (Lipinski definition) is 1. The van der Waals surface area contributed by atoms with Gasteiger partial charge in [-0.05, 0) is 61.1 Å². The predicted octanol–water partition coefficient (Wildman–Crippen LogP) is 3.89. The molecular formula is C23H29N3O. The summed E-state index contributed by atoms with van der Waals surface area (Å²) in [5, 5.41) is 0. The largest absolute Gasteiger partial charge is 0.357 e. The molecule has 2 aliphatic heterocycles. The number of carbonyl (C=O) groups excluding carboxylic acids is 1. The quantitative estimate of drug-likeness (QED) is 0.899. The van der Waals surface area contributed by atoms with E-state index in [4.69, 9.17) is 0 Å². The Morgan fingerprint density at radius 3 is 2.48 bits per heavy atom. The van der Waals surface area contributed by atoms with E-state index in [2.05, 4.69) is 40.2 Å². The molecule has 27 heavy (non-hydrogen) atoms. The summed E-state index contributed by atoms with van der Waals surface area (Å²) in [7, 11) is 0. The summed E-state index contributed by atoms with van der Waals surface area (Å²) >= 11 is 0. The van der Waals surface area contributed by atoms with Crippen molar-refractivity contribution in [2.45, 2.75) is 44.1 Å². The minimum absolute atomic E-state index is 0.157. The molecule has 5 rings (SSSR count). The van der Waals surface area contributed by atoms with Crippen LogP contribution in [0.25, 0.3) is 0 Å². The third kappa shape index (κ3) is 3.43. The summed E-state index contributed by atoms with van der Waals surface area (Å²) in [5.41, 5.74) is 2.58. The van der Waals surface area contributed by atoms with E-state index in [0.29, 0.717) is 11.3 Å². The molecule has 2 aromatic rings. The average molecular weight is 364 g/mol. The van der Waals surface area contributed by atoms with E-state index in [9.17, 15) is 4.79 Å². The fourth-order valence-electron chi connectivity index (χ4n) is 5.28. The number of aromatic nitrogens is 1. The number of H-pyrrole nitrogens is 1. The van der Waals surface area contributed by atoms with Gasteiger partial charge in [0.15, 0.2) is 0 Å². The number of aromatic amines is 1. The Hall–Kier alpha value is -2.07. The molecule has 1 aliphatic carbocycles. The number of nitrogens with zero attached hydrogens (tertiary/aromatic N) is 2. The molecule has 1 aromatic heterocycles. The minimum Gasteiger partial charge on any atom is -0.357 e. The van der Waals surface area contributed by atoms with Crippen molar-refractivity contribution in [2.75, 3.05) is 26.2 Å². The smallest absolute Gasteiger partial charge is 0.270 e. The summed E-state index contributed by atoms with van der Waals surface area (Å²) in [6.07, 6.45) is 8.10. The second-order valence-electron chi connectivity index (χ2n) is 8.85. The third-order valence-corrected chi connectivity index (χ3v) is 6.95. The van der Waals surface area contributed by atoms with Crippen molar-refractivity contribution < 1.29 is 4.79 Å². The first kappa shape index (κ1) is 17.1. The van der Waals surface area contributed by atoms with E-state index >= 15 is 0 Å². The van der Waals surface area contributed by atoms with Crippen molar-refractivity contribution in [1.29, 1.82) is 0 Å². The lowest BCUT2D eigenvalue weighted by Gasteiger charge is -2.50. The third-order valence-electron chi connectivity index (χ3n) is 6.95. The van der Waals surface area contributed by atoms with Crippen LogP contribution in [-0.2, 0) is 0 Å². The van der Waals surface area contributed by atoms with E-state index in [1.54, 1.807) is 0 Å². The van der Waals surface area contributed by atoms with Crippen LogP contribution in [0.5, 0.6) is 0 Å². The number of carbonyl (C=O) groups is 1. The van der Waals surface area contributed by atoms with Gasteiger partial charge in [0.05, 0.1) is 0 Å². The highest BCUT2D eigenvalue weighted by atomic mass is 16.2. The van der Waals surface area contributed by atoms with Gasteiger partial charge >= 0.3 is 0 Å². The highest BCUT2D eigenvalue weighted by molar-refractivity contribution is 5.92. The Morgan fingerprint density at radius 2 is 1.81 bits per heavy atom. The maximum absolute atomic E-state index is 12.7. The van der Waals surface area contributed by atoms with Gasteiger partial charge in [-0.15, -0.1) is 0 Å². The molecular weight excluding hydrogens is 334 g/mol. The number of rotatable bonds is 3. The zero-order valence-electron chi connectivity index (χ0n) is 15.9. The Bertz CT molecular complexity index is 773. The minimum atomic E-state index is 0.157. The van der Waals surface area contributed by atoms with Gasteiger partial charge in [0.2, 0.25) is 0 Å². The topological polar surface area (TPSA) is 39.3 Å². The lowest BCUT2D eigenvalue weighted by molar-refractivity contribution is 0.0109. The van der Waals surface area contributed by atoms with Crippen LogP contribution >= 0.6 is 0 Å². The molecule has 142 valence electrons. The Kier molecular flexibility index (Phi) is 4.31. The maximum atomic E-state index is 12.7. The van der Waals surface area contributed by atoms with Crippen LogP contribution in [-0.4, -0.2) is 52.9 Å². The molecule has 1 atom stereocenters. The first-order valence-corrected chi connectivity index (χ1v) is 10.4. The van der Waals surface area contributed by atoms with Gasteiger partial charge in [0.1, 0.15) is 5.69 Å². The van der Waals surface area contributed by atoms with Crippen molar-refractivity contribution in [1.82, 2.24) is 14.8 Å².